The predicted octanol–water partition coefficient (Wildman–Crippen LogP) is 2.95. The third kappa shape index (κ3) is 1.31. The normalized spacial score (nSPS) is 18.0. The van der Waals surface area contributed by atoms with Crippen molar-refractivity contribution in [1.29, 1.82) is 0 Å². The Hall–Kier alpha value is -2.09. The van der Waals surface area contributed by atoms with Gasteiger partial charge in [0.25, 0.3) is 0 Å². The van der Waals surface area contributed by atoms with E-state index in [1.54, 1.807) is 6.07 Å². The van der Waals surface area contributed by atoms with Gasteiger partial charge in [-0.3, -0.25) is 0 Å². The zero-order valence-corrected chi connectivity index (χ0v) is 8.59. The summed E-state index contributed by atoms with van der Waals surface area (Å²) < 4.78 is 5.38. The minimum atomic E-state index is -0.245. The maximum absolute atomic E-state index is 11.6. The highest BCUT2D eigenvalue weighted by Crippen LogP contribution is 2.35. The monoisotopic (exact) mass is 210 g/mol. The Morgan fingerprint density at radius 3 is 2.38 bits per heavy atom. The van der Waals surface area contributed by atoms with E-state index in [1.165, 1.54) is 0 Å². The van der Waals surface area contributed by atoms with Crippen molar-refractivity contribution in [2.45, 2.75) is 6.10 Å². The summed E-state index contributed by atoms with van der Waals surface area (Å²) >= 11 is 0. The van der Waals surface area contributed by atoms with E-state index in [0.717, 1.165) is 11.1 Å². The van der Waals surface area contributed by atoms with E-state index in [0.29, 0.717) is 5.56 Å². The van der Waals surface area contributed by atoms with Crippen LogP contribution >= 0.6 is 0 Å². The number of carbonyl (C=O) groups excluding carboxylic acids is 1. The second-order valence-electron chi connectivity index (χ2n) is 3.78. The quantitative estimate of drug-likeness (QED) is 0.676. The van der Waals surface area contributed by atoms with Gasteiger partial charge < -0.3 is 4.74 Å². The Morgan fingerprint density at radius 2 is 1.56 bits per heavy atom. The van der Waals surface area contributed by atoms with Gasteiger partial charge >= 0.3 is 5.97 Å². The first kappa shape index (κ1) is 9.16. The van der Waals surface area contributed by atoms with Gasteiger partial charge in [-0.1, -0.05) is 48.5 Å². The van der Waals surface area contributed by atoms with Crippen molar-refractivity contribution in [1.82, 2.24) is 0 Å². The van der Waals surface area contributed by atoms with Crippen LogP contribution in [0.4, 0.5) is 0 Å². The molecule has 0 bridgehead atoms. The van der Waals surface area contributed by atoms with Crippen molar-refractivity contribution >= 4 is 5.97 Å². The summed E-state index contributed by atoms with van der Waals surface area (Å²) in [5.74, 6) is -0.232. The third-order valence-corrected chi connectivity index (χ3v) is 2.79. The standard InChI is InChI=1S/C14H10O2/c15-14-12-9-5-4-8-11(12)13(16-14)10-6-2-1-3-7-10/h1-9,13H/t13-/m1/s1. The molecule has 16 heavy (non-hydrogen) atoms. The number of fused-ring (bicyclic) bond motifs is 1. The van der Waals surface area contributed by atoms with Gasteiger partial charge in [0.1, 0.15) is 0 Å². The molecule has 78 valence electrons. The molecule has 0 fully saturated rings. The van der Waals surface area contributed by atoms with E-state index in [-0.39, 0.29) is 12.1 Å². The summed E-state index contributed by atoms with van der Waals surface area (Å²) in [7, 11) is 0. The fourth-order valence-electron chi connectivity index (χ4n) is 2.02. The van der Waals surface area contributed by atoms with Crippen LogP contribution in [0.5, 0.6) is 0 Å². The van der Waals surface area contributed by atoms with E-state index in [9.17, 15) is 4.79 Å². The molecule has 0 aromatic heterocycles. The lowest BCUT2D eigenvalue weighted by Crippen LogP contribution is -1.99. The van der Waals surface area contributed by atoms with Crippen molar-refractivity contribution < 1.29 is 9.53 Å². The van der Waals surface area contributed by atoms with Crippen molar-refractivity contribution in [3.63, 3.8) is 0 Å². The molecule has 0 spiro atoms. The molecule has 1 aliphatic heterocycles. The molecular formula is C14H10O2. The molecule has 1 aliphatic rings. The predicted molar refractivity (Wildman–Crippen MR) is 60.1 cm³/mol. The van der Waals surface area contributed by atoms with Gasteiger partial charge in [-0.2, -0.15) is 0 Å². The van der Waals surface area contributed by atoms with E-state index in [1.807, 2.05) is 48.5 Å². The zero-order valence-electron chi connectivity index (χ0n) is 8.59. The number of cyclic esters (lactones) is 1. The van der Waals surface area contributed by atoms with Crippen LogP contribution in [0.15, 0.2) is 54.6 Å². The fraction of sp³-hybridized carbons (Fsp3) is 0.0714. The molecule has 2 aromatic rings. The topological polar surface area (TPSA) is 26.3 Å². The summed E-state index contributed by atoms with van der Waals surface area (Å²) in [6, 6.07) is 17.3. The van der Waals surface area contributed by atoms with E-state index < -0.39 is 0 Å². The molecule has 0 radical (unpaired) electrons. The first-order valence-corrected chi connectivity index (χ1v) is 5.21. The SMILES string of the molecule is O=C1O[C@H](c2ccccc2)c2ccccc21. The molecular weight excluding hydrogens is 200 g/mol. The minimum Gasteiger partial charge on any atom is -0.449 e. The molecule has 2 nitrogen and oxygen atoms in total. The first-order valence-electron chi connectivity index (χ1n) is 5.21. The molecule has 1 heterocycles. The smallest absolute Gasteiger partial charge is 0.339 e. The molecule has 2 heteroatoms. The maximum atomic E-state index is 11.6. The van der Waals surface area contributed by atoms with Crippen molar-refractivity contribution in [2.24, 2.45) is 0 Å². The van der Waals surface area contributed by atoms with Crippen molar-refractivity contribution in [2.75, 3.05) is 0 Å². The second-order valence-corrected chi connectivity index (χ2v) is 3.78. The molecule has 2 aromatic carbocycles. The Morgan fingerprint density at radius 1 is 0.875 bits per heavy atom. The summed E-state index contributed by atoms with van der Waals surface area (Å²) in [5.41, 5.74) is 2.65. The highest BCUT2D eigenvalue weighted by Gasteiger charge is 2.31. The highest BCUT2D eigenvalue weighted by molar-refractivity contribution is 5.94. The number of carbonyl (C=O) groups is 1. The summed E-state index contributed by atoms with van der Waals surface area (Å²) in [4.78, 5) is 11.6. The number of esters is 1. The number of ether oxygens (including phenoxy) is 1. The minimum absolute atomic E-state index is 0.232. The lowest BCUT2D eigenvalue weighted by molar-refractivity contribution is 0.0456. The van der Waals surface area contributed by atoms with Crippen LogP contribution in [-0.4, -0.2) is 5.97 Å². The lowest BCUT2D eigenvalue weighted by Gasteiger charge is -2.10. The number of hydrogen-bond acceptors (Lipinski definition) is 2. The van der Waals surface area contributed by atoms with Crippen LogP contribution in [0.2, 0.25) is 0 Å². The largest absolute Gasteiger partial charge is 0.449 e. The van der Waals surface area contributed by atoms with Crippen molar-refractivity contribution in [3.05, 3.63) is 71.3 Å². The van der Waals surface area contributed by atoms with Gasteiger partial charge in [-0.15, -0.1) is 0 Å². The molecule has 1 atom stereocenters. The van der Waals surface area contributed by atoms with E-state index in [4.69, 9.17) is 4.74 Å². The number of rotatable bonds is 1. The molecule has 0 saturated heterocycles. The Bertz CT molecular complexity index is 531. The Balaban J connectivity index is 2.11. The summed E-state index contributed by atoms with van der Waals surface area (Å²) in [6.45, 7) is 0. The molecule has 0 aliphatic carbocycles. The molecule has 0 saturated carbocycles. The van der Waals surface area contributed by atoms with Crippen LogP contribution in [-0.2, 0) is 4.74 Å². The molecule has 0 N–H and O–H groups in total. The van der Waals surface area contributed by atoms with Crippen LogP contribution in [0.3, 0.4) is 0 Å². The van der Waals surface area contributed by atoms with Crippen LogP contribution in [0.1, 0.15) is 27.6 Å². The summed E-state index contributed by atoms with van der Waals surface area (Å²) in [5, 5.41) is 0. The van der Waals surface area contributed by atoms with Gasteiger partial charge in [0, 0.05) is 5.56 Å². The average molecular weight is 210 g/mol. The maximum Gasteiger partial charge on any atom is 0.339 e. The van der Waals surface area contributed by atoms with Crippen molar-refractivity contribution in [3.8, 4) is 0 Å². The van der Waals surface area contributed by atoms with Gasteiger partial charge in [0.15, 0.2) is 6.10 Å². The molecule has 0 unspecified atom stereocenters. The van der Waals surface area contributed by atoms with Gasteiger partial charge in [-0.05, 0) is 11.6 Å². The van der Waals surface area contributed by atoms with Gasteiger partial charge in [-0.25, -0.2) is 4.79 Å². The Labute approximate surface area is 93.5 Å². The first-order chi connectivity index (χ1) is 7.86. The summed E-state index contributed by atoms with van der Waals surface area (Å²) in [6.07, 6.45) is -0.245. The van der Waals surface area contributed by atoms with Crippen LogP contribution in [0, 0.1) is 0 Å². The van der Waals surface area contributed by atoms with E-state index >= 15 is 0 Å². The lowest BCUT2D eigenvalue weighted by atomic mass is 9.99. The van der Waals surface area contributed by atoms with Crippen LogP contribution in [0.25, 0.3) is 0 Å². The third-order valence-electron chi connectivity index (χ3n) is 2.79. The second kappa shape index (κ2) is 3.49. The molecule has 0 amide bonds. The van der Waals surface area contributed by atoms with Gasteiger partial charge in [0.05, 0.1) is 5.56 Å². The molecule has 3 rings (SSSR count). The number of benzene rings is 2. The van der Waals surface area contributed by atoms with Crippen LogP contribution < -0.4 is 0 Å². The fourth-order valence-corrected chi connectivity index (χ4v) is 2.02. The zero-order chi connectivity index (χ0) is 11.0. The highest BCUT2D eigenvalue weighted by atomic mass is 16.5. The number of hydrogen-bond donors (Lipinski definition) is 0. The average Bonchev–Trinajstić information content (AvgIpc) is 2.69. The van der Waals surface area contributed by atoms with E-state index in [2.05, 4.69) is 0 Å². The van der Waals surface area contributed by atoms with Gasteiger partial charge in [0.2, 0.25) is 0 Å². The Kier molecular flexibility index (Phi) is 2.00.